The van der Waals surface area contributed by atoms with Crippen molar-refractivity contribution in [3.8, 4) is 0 Å². The summed E-state index contributed by atoms with van der Waals surface area (Å²) in [6, 6.07) is 3.69. The van der Waals surface area contributed by atoms with Crippen LogP contribution in [0.1, 0.15) is 18.2 Å². The number of rotatable bonds is 6. The summed E-state index contributed by atoms with van der Waals surface area (Å²) in [5.74, 6) is -0.273. The number of hydrogen-bond donors (Lipinski definition) is 1. The largest absolute Gasteiger partial charge is 0.466 e. The number of carbonyl (C=O) groups is 1. The van der Waals surface area contributed by atoms with Crippen molar-refractivity contribution in [3.63, 3.8) is 0 Å². The van der Waals surface area contributed by atoms with E-state index in [1.807, 2.05) is 12.1 Å². The lowest BCUT2D eigenvalue weighted by Gasteiger charge is -1.98. The van der Waals surface area contributed by atoms with Crippen LogP contribution in [-0.2, 0) is 16.0 Å². The van der Waals surface area contributed by atoms with E-state index in [0.29, 0.717) is 17.4 Å². The fourth-order valence-corrected chi connectivity index (χ4v) is 2.07. The maximum absolute atomic E-state index is 11.3. The summed E-state index contributed by atoms with van der Waals surface area (Å²) < 4.78 is 4.86. The molecule has 0 aromatic carbocycles. The molecule has 7 heteroatoms. The summed E-state index contributed by atoms with van der Waals surface area (Å²) >= 11 is 1.39. The van der Waals surface area contributed by atoms with Crippen molar-refractivity contribution in [3.05, 3.63) is 41.2 Å². The fourth-order valence-electron chi connectivity index (χ4n) is 1.41. The van der Waals surface area contributed by atoms with Crippen LogP contribution in [0.2, 0.25) is 0 Å². The molecule has 0 unspecified atom stereocenters. The van der Waals surface area contributed by atoms with Crippen LogP contribution in [0.15, 0.2) is 35.0 Å². The summed E-state index contributed by atoms with van der Waals surface area (Å²) in [7, 11) is 0. The van der Waals surface area contributed by atoms with E-state index in [1.54, 1.807) is 30.9 Å². The topological polar surface area (TPSA) is 76.5 Å². The summed E-state index contributed by atoms with van der Waals surface area (Å²) in [6.45, 7) is 2.16. The number of carbonyl (C=O) groups excluding carboxylic acids is 1. The summed E-state index contributed by atoms with van der Waals surface area (Å²) in [6.07, 6.45) is 5.25. The number of pyridine rings is 1. The molecule has 0 aliphatic carbocycles. The van der Waals surface area contributed by atoms with Gasteiger partial charge >= 0.3 is 5.97 Å². The van der Waals surface area contributed by atoms with E-state index in [4.69, 9.17) is 4.74 Å². The predicted molar refractivity (Wildman–Crippen MR) is 77.9 cm³/mol. The molecule has 0 atom stereocenters. The predicted octanol–water partition coefficient (Wildman–Crippen LogP) is 2.09. The molecule has 2 aromatic rings. The first-order chi connectivity index (χ1) is 9.78. The van der Waals surface area contributed by atoms with Gasteiger partial charge in [0, 0.05) is 17.8 Å². The molecule has 0 spiro atoms. The molecule has 104 valence electrons. The lowest BCUT2D eigenvalue weighted by Crippen LogP contribution is -2.07. The number of hydrazone groups is 1. The van der Waals surface area contributed by atoms with Crippen LogP contribution in [0.4, 0.5) is 5.13 Å². The molecule has 2 rings (SSSR count). The van der Waals surface area contributed by atoms with Crippen molar-refractivity contribution in [2.24, 2.45) is 5.10 Å². The van der Waals surface area contributed by atoms with Gasteiger partial charge in [-0.05, 0) is 24.6 Å². The van der Waals surface area contributed by atoms with E-state index in [0.717, 1.165) is 5.56 Å². The molecule has 1 N–H and O–H groups in total. The second-order valence-electron chi connectivity index (χ2n) is 3.78. The van der Waals surface area contributed by atoms with E-state index >= 15 is 0 Å². The van der Waals surface area contributed by atoms with E-state index in [-0.39, 0.29) is 12.4 Å². The molecule has 2 heterocycles. The highest BCUT2D eigenvalue weighted by atomic mass is 32.1. The fraction of sp³-hybridized carbons (Fsp3) is 0.231. The van der Waals surface area contributed by atoms with Gasteiger partial charge in [-0.15, -0.1) is 11.3 Å². The van der Waals surface area contributed by atoms with Crippen LogP contribution >= 0.6 is 11.3 Å². The van der Waals surface area contributed by atoms with Gasteiger partial charge in [0.2, 0.25) is 5.13 Å². The van der Waals surface area contributed by atoms with E-state index in [2.05, 4.69) is 20.5 Å². The molecular weight excluding hydrogens is 276 g/mol. The molecule has 0 radical (unpaired) electrons. The van der Waals surface area contributed by atoms with Gasteiger partial charge in [0.25, 0.3) is 0 Å². The van der Waals surface area contributed by atoms with Crippen LogP contribution in [0.5, 0.6) is 0 Å². The number of aromatic nitrogens is 2. The Morgan fingerprint density at radius 2 is 2.30 bits per heavy atom. The Labute approximate surface area is 120 Å². The molecule has 0 fully saturated rings. The number of ether oxygens (including phenoxy) is 1. The summed E-state index contributed by atoms with van der Waals surface area (Å²) in [4.78, 5) is 19.5. The number of thiazole rings is 1. The van der Waals surface area contributed by atoms with Gasteiger partial charge in [0.1, 0.15) is 0 Å². The molecule has 0 saturated heterocycles. The normalized spacial score (nSPS) is 10.7. The minimum Gasteiger partial charge on any atom is -0.466 e. The maximum atomic E-state index is 11.3. The highest BCUT2D eigenvalue weighted by Crippen LogP contribution is 2.15. The Bertz CT molecular complexity index is 583. The van der Waals surface area contributed by atoms with Gasteiger partial charge in [0.15, 0.2) is 0 Å². The number of esters is 1. The third-order valence-electron chi connectivity index (χ3n) is 2.26. The standard InChI is InChI=1S/C13H14N4O2S/c1-2-19-12(18)7-11-9-20-13(16-11)17-15-8-10-3-5-14-6-4-10/h3-6,8-9H,2,7H2,1H3,(H,16,17)/b15-8-. The minimum absolute atomic E-state index is 0.181. The molecule has 0 amide bonds. The van der Waals surface area contributed by atoms with Gasteiger partial charge in [-0.25, -0.2) is 4.98 Å². The zero-order valence-electron chi connectivity index (χ0n) is 10.9. The monoisotopic (exact) mass is 290 g/mol. The average molecular weight is 290 g/mol. The minimum atomic E-state index is -0.273. The average Bonchev–Trinajstić information content (AvgIpc) is 2.88. The molecular formula is C13H14N4O2S. The quantitative estimate of drug-likeness (QED) is 0.501. The van der Waals surface area contributed by atoms with Crippen LogP contribution in [0, 0.1) is 0 Å². The molecule has 20 heavy (non-hydrogen) atoms. The lowest BCUT2D eigenvalue weighted by molar-refractivity contribution is -0.142. The van der Waals surface area contributed by atoms with E-state index in [1.165, 1.54) is 11.3 Å². The molecule has 0 saturated carbocycles. The highest BCUT2D eigenvalue weighted by molar-refractivity contribution is 7.13. The zero-order chi connectivity index (χ0) is 14.2. The van der Waals surface area contributed by atoms with Crippen LogP contribution in [0.3, 0.4) is 0 Å². The molecule has 0 aliphatic heterocycles. The van der Waals surface area contributed by atoms with Gasteiger partial charge in [-0.3, -0.25) is 15.2 Å². The van der Waals surface area contributed by atoms with Crippen molar-refractivity contribution in [1.82, 2.24) is 9.97 Å². The Balaban J connectivity index is 1.87. The number of nitrogens with one attached hydrogen (secondary N) is 1. The van der Waals surface area contributed by atoms with Crippen LogP contribution < -0.4 is 5.43 Å². The first kappa shape index (κ1) is 14.1. The lowest BCUT2D eigenvalue weighted by atomic mass is 10.3. The van der Waals surface area contributed by atoms with Gasteiger partial charge < -0.3 is 4.74 Å². The molecule has 0 aliphatic rings. The zero-order valence-corrected chi connectivity index (χ0v) is 11.8. The van der Waals surface area contributed by atoms with Crippen LogP contribution in [0.25, 0.3) is 0 Å². The first-order valence-electron chi connectivity index (χ1n) is 6.07. The number of hydrogen-bond acceptors (Lipinski definition) is 7. The van der Waals surface area contributed by atoms with Gasteiger partial charge in [-0.2, -0.15) is 5.10 Å². The maximum Gasteiger partial charge on any atom is 0.311 e. The summed E-state index contributed by atoms with van der Waals surface area (Å²) in [5, 5.41) is 6.51. The summed E-state index contributed by atoms with van der Waals surface area (Å²) in [5.41, 5.74) is 4.44. The Morgan fingerprint density at radius 3 is 3.05 bits per heavy atom. The highest BCUT2D eigenvalue weighted by Gasteiger charge is 2.07. The molecule has 2 aromatic heterocycles. The third-order valence-corrected chi connectivity index (χ3v) is 3.06. The second kappa shape index (κ2) is 7.34. The van der Waals surface area contributed by atoms with E-state index < -0.39 is 0 Å². The van der Waals surface area contributed by atoms with E-state index in [9.17, 15) is 4.79 Å². The smallest absolute Gasteiger partial charge is 0.311 e. The third kappa shape index (κ3) is 4.43. The van der Waals surface area contributed by atoms with Crippen molar-refractivity contribution >= 4 is 28.7 Å². The second-order valence-corrected chi connectivity index (χ2v) is 4.63. The first-order valence-corrected chi connectivity index (χ1v) is 6.95. The molecule has 0 bridgehead atoms. The molecule has 6 nitrogen and oxygen atoms in total. The van der Waals surface area contributed by atoms with Crippen molar-refractivity contribution in [2.75, 3.05) is 12.0 Å². The van der Waals surface area contributed by atoms with Crippen LogP contribution in [-0.4, -0.2) is 28.8 Å². The number of anilines is 1. The Hall–Kier alpha value is -2.28. The van der Waals surface area contributed by atoms with Crippen molar-refractivity contribution < 1.29 is 9.53 Å². The van der Waals surface area contributed by atoms with Crippen molar-refractivity contribution in [2.45, 2.75) is 13.3 Å². The Kier molecular flexibility index (Phi) is 5.19. The Morgan fingerprint density at radius 1 is 1.50 bits per heavy atom. The van der Waals surface area contributed by atoms with Crippen molar-refractivity contribution in [1.29, 1.82) is 0 Å². The van der Waals surface area contributed by atoms with Gasteiger partial charge in [0.05, 0.1) is 24.9 Å². The van der Waals surface area contributed by atoms with Gasteiger partial charge in [-0.1, -0.05) is 0 Å². The SMILES string of the molecule is CCOC(=O)Cc1csc(N/N=C\c2ccncc2)n1. The number of nitrogens with zero attached hydrogens (tertiary/aromatic N) is 3.